The number of rotatable bonds is 6. The molecule has 0 spiro atoms. The highest BCUT2D eigenvalue weighted by Gasteiger charge is 2.13. The van der Waals surface area contributed by atoms with Crippen molar-refractivity contribution in [1.82, 2.24) is 10.3 Å². The second-order valence-corrected chi connectivity index (χ2v) is 6.07. The third kappa shape index (κ3) is 4.03. The number of aromatic nitrogens is 1. The van der Waals surface area contributed by atoms with Crippen LogP contribution in [0.1, 0.15) is 35.4 Å². The third-order valence-corrected chi connectivity index (χ3v) is 4.34. The molecule has 0 aliphatic carbocycles. The Morgan fingerprint density at radius 3 is 2.89 bits per heavy atom. The van der Waals surface area contributed by atoms with E-state index < -0.39 is 0 Å². The Morgan fingerprint density at radius 2 is 2.26 bits per heavy atom. The maximum absolute atomic E-state index is 6.10. The molecule has 1 unspecified atom stereocenters. The molecule has 0 aliphatic rings. The minimum Gasteiger partial charge on any atom is -0.310 e. The number of halogens is 1. The molecule has 2 aromatic rings. The van der Waals surface area contributed by atoms with E-state index in [0.29, 0.717) is 6.04 Å². The van der Waals surface area contributed by atoms with Crippen LogP contribution in [0, 0.1) is 6.92 Å². The second-order valence-electron chi connectivity index (χ2n) is 4.69. The molecule has 0 radical (unpaired) electrons. The van der Waals surface area contributed by atoms with E-state index in [2.05, 4.69) is 36.3 Å². The minimum absolute atomic E-state index is 0.330. The van der Waals surface area contributed by atoms with E-state index in [1.54, 1.807) is 11.3 Å². The summed E-state index contributed by atoms with van der Waals surface area (Å²) in [7, 11) is 0. The summed E-state index contributed by atoms with van der Waals surface area (Å²) in [4.78, 5) is 5.46. The molecule has 1 aromatic carbocycles. The molecule has 0 amide bonds. The number of thiazole rings is 1. The summed E-state index contributed by atoms with van der Waals surface area (Å²) in [5.74, 6) is 0. The molecule has 0 saturated carbocycles. The molecule has 1 atom stereocenters. The maximum Gasteiger partial charge on any atom is 0.0794 e. The van der Waals surface area contributed by atoms with Crippen molar-refractivity contribution in [1.29, 1.82) is 0 Å². The SMILES string of the molecule is CCCNC(Cc1cncs1)c1ccc(Cl)c(C)c1. The molecule has 0 fully saturated rings. The van der Waals surface area contributed by atoms with Crippen LogP contribution in [0.15, 0.2) is 29.9 Å². The van der Waals surface area contributed by atoms with Crippen molar-refractivity contribution >= 4 is 22.9 Å². The molecule has 0 bridgehead atoms. The third-order valence-electron chi connectivity index (χ3n) is 3.11. The van der Waals surface area contributed by atoms with Crippen molar-refractivity contribution in [3.63, 3.8) is 0 Å². The fourth-order valence-corrected chi connectivity index (χ4v) is 2.81. The van der Waals surface area contributed by atoms with Crippen LogP contribution in [0.5, 0.6) is 0 Å². The molecule has 2 rings (SSSR count). The first-order valence-electron chi connectivity index (χ1n) is 6.57. The Labute approximate surface area is 123 Å². The summed E-state index contributed by atoms with van der Waals surface area (Å²) in [5, 5.41) is 4.44. The van der Waals surface area contributed by atoms with Gasteiger partial charge in [-0.1, -0.05) is 30.7 Å². The number of benzene rings is 1. The maximum atomic E-state index is 6.10. The Bertz CT molecular complexity index is 511. The van der Waals surface area contributed by atoms with Crippen LogP contribution in [-0.4, -0.2) is 11.5 Å². The van der Waals surface area contributed by atoms with Gasteiger partial charge in [-0.2, -0.15) is 0 Å². The molecule has 1 aromatic heterocycles. The highest BCUT2D eigenvalue weighted by atomic mass is 35.5. The molecule has 19 heavy (non-hydrogen) atoms. The fourth-order valence-electron chi connectivity index (χ4n) is 2.06. The van der Waals surface area contributed by atoms with Crippen molar-refractivity contribution in [2.75, 3.05) is 6.54 Å². The molecule has 0 saturated heterocycles. The van der Waals surface area contributed by atoms with Crippen LogP contribution in [0.2, 0.25) is 5.02 Å². The van der Waals surface area contributed by atoms with Crippen molar-refractivity contribution in [2.45, 2.75) is 32.7 Å². The van der Waals surface area contributed by atoms with Crippen LogP contribution in [0.4, 0.5) is 0 Å². The first-order valence-corrected chi connectivity index (χ1v) is 7.83. The Hall–Kier alpha value is -0.900. The Morgan fingerprint density at radius 1 is 1.42 bits per heavy atom. The fraction of sp³-hybridized carbons (Fsp3) is 0.400. The number of nitrogens with zero attached hydrogens (tertiary/aromatic N) is 1. The number of nitrogens with one attached hydrogen (secondary N) is 1. The predicted octanol–water partition coefficient (Wildman–Crippen LogP) is 4.39. The second kappa shape index (κ2) is 7.04. The molecule has 1 heterocycles. The van der Waals surface area contributed by atoms with E-state index in [4.69, 9.17) is 11.6 Å². The standard InChI is InChI=1S/C15H19ClN2S/c1-3-6-18-15(8-13-9-17-10-19-13)12-4-5-14(16)11(2)7-12/h4-5,7,9-10,15,18H,3,6,8H2,1-2H3. The van der Waals surface area contributed by atoms with Crippen molar-refractivity contribution in [2.24, 2.45) is 0 Å². The number of aryl methyl sites for hydroxylation is 1. The number of hydrogen-bond donors (Lipinski definition) is 1. The lowest BCUT2D eigenvalue weighted by Gasteiger charge is -2.19. The largest absolute Gasteiger partial charge is 0.310 e. The lowest BCUT2D eigenvalue weighted by molar-refractivity contribution is 0.532. The topological polar surface area (TPSA) is 24.9 Å². The van der Waals surface area contributed by atoms with E-state index in [0.717, 1.165) is 30.0 Å². The van der Waals surface area contributed by atoms with Gasteiger partial charge in [0, 0.05) is 28.6 Å². The Kier molecular flexibility index (Phi) is 5.37. The Balaban J connectivity index is 2.18. The van der Waals surface area contributed by atoms with Crippen molar-refractivity contribution in [3.8, 4) is 0 Å². The van der Waals surface area contributed by atoms with Crippen molar-refractivity contribution in [3.05, 3.63) is 50.9 Å². The molecular weight excluding hydrogens is 276 g/mol. The molecule has 2 nitrogen and oxygen atoms in total. The first-order chi connectivity index (χ1) is 9.20. The van der Waals surface area contributed by atoms with Crippen LogP contribution in [-0.2, 0) is 6.42 Å². The smallest absolute Gasteiger partial charge is 0.0794 e. The molecule has 1 N–H and O–H groups in total. The quantitative estimate of drug-likeness (QED) is 0.855. The average Bonchev–Trinajstić information content (AvgIpc) is 2.91. The van der Waals surface area contributed by atoms with Gasteiger partial charge in [-0.05, 0) is 37.1 Å². The zero-order chi connectivity index (χ0) is 13.7. The van der Waals surface area contributed by atoms with E-state index in [1.807, 2.05) is 17.8 Å². The summed E-state index contributed by atoms with van der Waals surface area (Å²) < 4.78 is 0. The van der Waals surface area contributed by atoms with Gasteiger partial charge >= 0.3 is 0 Å². The van der Waals surface area contributed by atoms with Crippen LogP contribution in [0.25, 0.3) is 0 Å². The minimum atomic E-state index is 0.330. The highest BCUT2D eigenvalue weighted by molar-refractivity contribution is 7.09. The van der Waals surface area contributed by atoms with E-state index in [1.165, 1.54) is 10.4 Å². The molecule has 102 valence electrons. The lowest BCUT2D eigenvalue weighted by Crippen LogP contribution is -2.23. The summed E-state index contributed by atoms with van der Waals surface area (Å²) in [6.45, 7) is 5.25. The highest BCUT2D eigenvalue weighted by Crippen LogP contribution is 2.24. The summed E-state index contributed by atoms with van der Waals surface area (Å²) in [6, 6.07) is 6.61. The van der Waals surface area contributed by atoms with Gasteiger partial charge in [-0.15, -0.1) is 11.3 Å². The summed E-state index contributed by atoms with van der Waals surface area (Å²) in [5.41, 5.74) is 4.31. The van der Waals surface area contributed by atoms with Crippen molar-refractivity contribution < 1.29 is 0 Å². The van der Waals surface area contributed by atoms with Crippen LogP contribution < -0.4 is 5.32 Å². The van der Waals surface area contributed by atoms with Gasteiger partial charge in [0.05, 0.1) is 5.51 Å². The van der Waals surface area contributed by atoms with Gasteiger partial charge in [0.1, 0.15) is 0 Å². The summed E-state index contributed by atoms with van der Waals surface area (Å²) in [6.07, 6.45) is 4.06. The van der Waals surface area contributed by atoms with E-state index >= 15 is 0 Å². The molecule has 0 aliphatic heterocycles. The first kappa shape index (κ1) is 14.5. The zero-order valence-corrected chi connectivity index (χ0v) is 12.9. The molecular formula is C15H19ClN2S. The number of hydrogen-bond acceptors (Lipinski definition) is 3. The van der Waals surface area contributed by atoms with Gasteiger partial charge in [0.2, 0.25) is 0 Å². The normalized spacial score (nSPS) is 12.6. The van der Waals surface area contributed by atoms with Gasteiger partial charge < -0.3 is 5.32 Å². The monoisotopic (exact) mass is 294 g/mol. The van der Waals surface area contributed by atoms with Gasteiger partial charge in [-0.25, -0.2) is 0 Å². The van der Waals surface area contributed by atoms with Gasteiger partial charge in [0.25, 0.3) is 0 Å². The molecule has 4 heteroatoms. The van der Waals surface area contributed by atoms with E-state index in [9.17, 15) is 0 Å². The zero-order valence-electron chi connectivity index (χ0n) is 11.3. The predicted molar refractivity (Wildman–Crippen MR) is 83.0 cm³/mol. The van der Waals surface area contributed by atoms with Crippen LogP contribution >= 0.6 is 22.9 Å². The van der Waals surface area contributed by atoms with Crippen LogP contribution in [0.3, 0.4) is 0 Å². The average molecular weight is 295 g/mol. The van der Waals surface area contributed by atoms with Gasteiger partial charge in [0.15, 0.2) is 0 Å². The van der Waals surface area contributed by atoms with E-state index in [-0.39, 0.29) is 0 Å². The summed E-state index contributed by atoms with van der Waals surface area (Å²) >= 11 is 7.81. The lowest BCUT2D eigenvalue weighted by atomic mass is 10.0. The van der Waals surface area contributed by atoms with Gasteiger partial charge in [-0.3, -0.25) is 4.98 Å².